The second kappa shape index (κ2) is 6.46. The van der Waals surface area contributed by atoms with Gasteiger partial charge in [0.15, 0.2) is 0 Å². The van der Waals surface area contributed by atoms with Crippen molar-refractivity contribution in [3.05, 3.63) is 29.8 Å². The van der Waals surface area contributed by atoms with Crippen molar-refractivity contribution >= 4 is 0 Å². The number of rotatable bonds is 6. The molecule has 1 N–H and O–H groups in total. The van der Waals surface area contributed by atoms with Crippen molar-refractivity contribution in [2.75, 3.05) is 13.7 Å². The lowest BCUT2D eigenvalue weighted by molar-refractivity contribution is 0.340. The van der Waals surface area contributed by atoms with Crippen molar-refractivity contribution in [2.24, 2.45) is 0 Å². The molecule has 0 saturated heterocycles. The average molecular weight is 207 g/mol. The van der Waals surface area contributed by atoms with Crippen LogP contribution in [0.2, 0.25) is 0 Å². The maximum Gasteiger partial charge on any atom is 0.119 e. The highest BCUT2D eigenvalue weighted by molar-refractivity contribution is 5.27. The molecule has 1 aromatic carbocycles. The molecular formula is C13H21NO. The van der Waals surface area contributed by atoms with E-state index in [4.69, 9.17) is 4.74 Å². The Hall–Kier alpha value is -1.02. The first-order valence-corrected chi connectivity index (χ1v) is 5.65. The summed E-state index contributed by atoms with van der Waals surface area (Å²) in [5.41, 5.74) is 1.38. The second-order valence-corrected chi connectivity index (χ2v) is 3.81. The molecule has 0 aliphatic heterocycles. The van der Waals surface area contributed by atoms with Crippen LogP contribution in [0.5, 0.6) is 5.75 Å². The lowest BCUT2D eigenvalue weighted by Gasteiger charge is -2.10. The number of benzene rings is 1. The van der Waals surface area contributed by atoms with Gasteiger partial charge in [-0.2, -0.15) is 0 Å². The second-order valence-electron chi connectivity index (χ2n) is 3.81. The van der Waals surface area contributed by atoms with Gasteiger partial charge in [-0.25, -0.2) is 0 Å². The fourth-order valence-electron chi connectivity index (χ4n) is 1.45. The molecule has 0 bridgehead atoms. The lowest BCUT2D eigenvalue weighted by atomic mass is 10.1. The fraction of sp³-hybridized carbons (Fsp3) is 0.538. The predicted octanol–water partition coefficient (Wildman–Crippen LogP) is 2.63. The van der Waals surface area contributed by atoms with Crippen LogP contribution >= 0.6 is 0 Å². The van der Waals surface area contributed by atoms with E-state index in [0.29, 0.717) is 6.04 Å². The number of nitrogens with one attached hydrogen (secondary N) is 1. The van der Waals surface area contributed by atoms with Crippen LogP contribution in [-0.2, 0) is 6.42 Å². The summed E-state index contributed by atoms with van der Waals surface area (Å²) in [6.45, 7) is 4.94. The largest absolute Gasteiger partial charge is 0.494 e. The summed E-state index contributed by atoms with van der Waals surface area (Å²) in [5.74, 6) is 0.961. The third-order valence-electron chi connectivity index (χ3n) is 2.59. The van der Waals surface area contributed by atoms with Gasteiger partial charge in [0.05, 0.1) is 6.61 Å². The minimum absolute atomic E-state index is 0.580. The molecule has 0 aliphatic carbocycles. The van der Waals surface area contributed by atoms with E-state index >= 15 is 0 Å². The Morgan fingerprint density at radius 2 is 1.93 bits per heavy atom. The lowest BCUT2D eigenvalue weighted by Crippen LogP contribution is -2.21. The van der Waals surface area contributed by atoms with Crippen molar-refractivity contribution in [1.29, 1.82) is 0 Å². The molecule has 1 rings (SSSR count). The van der Waals surface area contributed by atoms with Crippen molar-refractivity contribution < 1.29 is 4.74 Å². The van der Waals surface area contributed by atoms with Crippen LogP contribution in [0.15, 0.2) is 24.3 Å². The van der Waals surface area contributed by atoms with Crippen molar-refractivity contribution in [1.82, 2.24) is 5.32 Å². The summed E-state index contributed by atoms with van der Waals surface area (Å²) in [5, 5.41) is 3.24. The van der Waals surface area contributed by atoms with Gasteiger partial charge in [-0.05, 0) is 51.4 Å². The minimum Gasteiger partial charge on any atom is -0.494 e. The zero-order chi connectivity index (χ0) is 11.1. The molecule has 0 unspecified atom stereocenters. The third kappa shape index (κ3) is 4.34. The van der Waals surface area contributed by atoms with Crippen molar-refractivity contribution in [3.8, 4) is 5.75 Å². The van der Waals surface area contributed by atoms with Crippen LogP contribution in [0.3, 0.4) is 0 Å². The Morgan fingerprint density at radius 3 is 2.47 bits per heavy atom. The summed E-state index contributed by atoms with van der Waals surface area (Å²) in [6, 6.07) is 8.96. The van der Waals surface area contributed by atoms with E-state index in [1.165, 1.54) is 12.0 Å². The van der Waals surface area contributed by atoms with E-state index in [1.54, 1.807) is 0 Å². The van der Waals surface area contributed by atoms with E-state index in [0.717, 1.165) is 18.8 Å². The molecule has 0 saturated carbocycles. The molecule has 2 nitrogen and oxygen atoms in total. The molecule has 0 aromatic heterocycles. The van der Waals surface area contributed by atoms with Gasteiger partial charge in [0.1, 0.15) is 5.75 Å². The molecule has 15 heavy (non-hydrogen) atoms. The summed E-state index contributed by atoms with van der Waals surface area (Å²) in [6.07, 6.45) is 2.29. The van der Waals surface area contributed by atoms with Gasteiger partial charge >= 0.3 is 0 Å². The summed E-state index contributed by atoms with van der Waals surface area (Å²) in [4.78, 5) is 0. The zero-order valence-corrected chi connectivity index (χ0v) is 9.92. The van der Waals surface area contributed by atoms with E-state index in [1.807, 2.05) is 26.1 Å². The molecule has 1 aromatic rings. The Morgan fingerprint density at radius 1 is 1.27 bits per heavy atom. The molecule has 0 fully saturated rings. The zero-order valence-electron chi connectivity index (χ0n) is 9.92. The molecule has 0 spiro atoms. The molecule has 0 amide bonds. The van der Waals surface area contributed by atoms with Crippen LogP contribution in [0.25, 0.3) is 0 Å². The SMILES string of the molecule is CCOc1ccc(CC[C@H](C)NC)cc1. The van der Waals surface area contributed by atoms with E-state index in [2.05, 4.69) is 24.4 Å². The first-order valence-electron chi connectivity index (χ1n) is 5.65. The van der Waals surface area contributed by atoms with Gasteiger partial charge in [0.2, 0.25) is 0 Å². The monoisotopic (exact) mass is 207 g/mol. The fourth-order valence-corrected chi connectivity index (χ4v) is 1.45. The Labute approximate surface area is 92.6 Å². The molecule has 2 heteroatoms. The quantitative estimate of drug-likeness (QED) is 0.774. The van der Waals surface area contributed by atoms with Crippen LogP contribution in [-0.4, -0.2) is 19.7 Å². The van der Waals surface area contributed by atoms with Gasteiger partial charge in [-0.3, -0.25) is 0 Å². The first-order chi connectivity index (χ1) is 7.26. The Kier molecular flexibility index (Phi) is 5.19. The van der Waals surface area contributed by atoms with E-state index in [-0.39, 0.29) is 0 Å². The van der Waals surface area contributed by atoms with Crippen molar-refractivity contribution in [2.45, 2.75) is 32.7 Å². The molecule has 0 radical (unpaired) electrons. The van der Waals surface area contributed by atoms with Crippen LogP contribution in [0.1, 0.15) is 25.8 Å². The summed E-state index contributed by atoms with van der Waals surface area (Å²) >= 11 is 0. The van der Waals surface area contributed by atoms with Gasteiger partial charge in [-0.15, -0.1) is 0 Å². The number of hydrogen-bond donors (Lipinski definition) is 1. The van der Waals surface area contributed by atoms with E-state index < -0.39 is 0 Å². The normalized spacial score (nSPS) is 12.5. The maximum absolute atomic E-state index is 5.40. The minimum atomic E-state index is 0.580. The van der Waals surface area contributed by atoms with Gasteiger partial charge in [-0.1, -0.05) is 12.1 Å². The average Bonchev–Trinajstić information content (AvgIpc) is 2.28. The molecule has 0 aliphatic rings. The Bertz CT molecular complexity index is 268. The summed E-state index contributed by atoms with van der Waals surface area (Å²) < 4.78 is 5.40. The number of aryl methyl sites for hydroxylation is 1. The highest BCUT2D eigenvalue weighted by Crippen LogP contribution is 2.13. The summed E-state index contributed by atoms with van der Waals surface area (Å²) in [7, 11) is 2.00. The van der Waals surface area contributed by atoms with E-state index in [9.17, 15) is 0 Å². The van der Waals surface area contributed by atoms with Crippen LogP contribution in [0.4, 0.5) is 0 Å². The van der Waals surface area contributed by atoms with Gasteiger partial charge < -0.3 is 10.1 Å². The molecule has 84 valence electrons. The predicted molar refractivity (Wildman–Crippen MR) is 64.5 cm³/mol. The molecule has 1 atom stereocenters. The molecule has 0 heterocycles. The number of ether oxygens (including phenoxy) is 1. The van der Waals surface area contributed by atoms with Crippen molar-refractivity contribution in [3.63, 3.8) is 0 Å². The first kappa shape index (κ1) is 12.1. The van der Waals surface area contributed by atoms with Gasteiger partial charge in [0.25, 0.3) is 0 Å². The topological polar surface area (TPSA) is 21.3 Å². The highest BCUT2D eigenvalue weighted by Gasteiger charge is 1.99. The Balaban J connectivity index is 2.42. The molecular weight excluding hydrogens is 186 g/mol. The van der Waals surface area contributed by atoms with Gasteiger partial charge in [0, 0.05) is 6.04 Å². The maximum atomic E-state index is 5.40. The number of hydrogen-bond acceptors (Lipinski definition) is 2. The smallest absolute Gasteiger partial charge is 0.119 e. The van der Waals surface area contributed by atoms with Crippen LogP contribution in [0, 0.1) is 0 Å². The third-order valence-corrected chi connectivity index (χ3v) is 2.59. The van der Waals surface area contributed by atoms with Crippen LogP contribution < -0.4 is 10.1 Å². The standard InChI is InChI=1S/C13H21NO/c1-4-15-13-9-7-12(8-10-13)6-5-11(2)14-3/h7-11,14H,4-6H2,1-3H3/t11-/m0/s1. The highest BCUT2D eigenvalue weighted by atomic mass is 16.5.